The number of pyridine rings is 1. The first-order valence-corrected chi connectivity index (χ1v) is 10.5. The van der Waals surface area contributed by atoms with E-state index in [1.807, 2.05) is 0 Å². The van der Waals surface area contributed by atoms with Crippen LogP contribution in [0.1, 0.15) is 22.3 Å². The van der Waals surface area contributed by atoms with Crippen LogP contribution in [0.4, 0.5) is 19.0 Å². The number of aromatic nitrogens is 1. The minimum atomic E-state index is -4.44. The van der Waals surface area contributed by atoms with Crippen molar-refractivity contribution in [3.8, 4) is 0 Å². The Balaban J connectivity index is 1.61. The third-order valence-electron chi connectivity index (χ3n) is 4.82. The van der Waals surface area contributed by atoms with Crippen LogP contribution < -0.4 is 10.2 Å². The molecule has 1 aliphatic heterocycles. The summed E-state index contributed by atoms with van der Waals surface area (Å²) in [5, 5.41) is 2.86. The molecule has 0 saturated carbocycles. The largest absolute Gasteiger partial charge is 0.417 e. The number of anilines is 1. The number of sulfonamides is 1. The van der Waals surface area contributed by atoms with E-state index in [0.29, 0.717) is 30.9 Å². The van der Waals surface area contributed by atoms with Crippen LogP contribution in [0.5, 0.6) is 0 Å². The number of hydrogen-bond donors (Lipinski definition) is 1. The SMILES string of the molecule is CN(C)S(=O)(=O)c1ccc(C(=O)NC2CCN(c3ccc(C(F)(F)F)cn3)C2)cc1. The van der Waals surface area contributed by atoms with Gasteiger partial charge in [0, 0.05) is 45.0 Å². The summed E-state index contributed by atoms with van der Waals surface area (Å²) in [4.78, 5) is 18.2. The Labute approximate surface area is 172 Å². The smallest absolute Gasteiger partial charge is 0.354 e. The van der Waals surface area contributed by atoms with Gasteiger partial charge in [0.1, 0.15) is 5.82 Å². The molecule has 0 bridgehead atoms. The van der Waals surface area contributed by atoms with Gasteiger partial charge in [0.2, 0.25) is 10.0 Å². The van der Waals surface area contributed by atoms with Crippen LogP contribution in [0.3, 0.4) is 0 Å². The van der Waals surface area contributed by atoms with Gasteiger partial charge in [-0.25, -0.2) is 17.7 Å². The highest BCUT2D eigenvalue weighted by Gasteiger charge is 2.31. The molecule has 2 aromatic rings. The first-order chi connectivity index (χ1) is 14.0. The molecule has 11 heteroatoms. The number of benzene rings is 1. The fraction of sp³-hybridized carbons (Fsp3) is 0.368. The molecule has 0 radical (unpaired) electrons. The number of amides is 1. The second kappa shape index (κ2) is 8.23. The van der Waals surface area contributed by atoms with Gasteiger partial charge in [0.05, 0.1) is 10.5 Å². The Kier molecular flexibility index (Phi) is 6.04. The molecule has 1 saturated heterocycles. The lowest BCUT2D eigenvalue weighted by atomic mass is 10.2. The molecule has 2 heterocycles. The summed E-state index contributed by atoms with van der Waals surface area (Å²) >= 11 is 0. The van der Waals surface area contributed by atoms with Crippen LogP contribution in [0, 0.1) is 0 Å². The van der Waals surface area contributed by atoms with Crippen molar-refractivity contribution in [2.75, 3.05) is 32.1 Å². The van der Waals surface area contributed by atoms with Crippen LogP contribution in [0.15, 0.2) is 47.5 Å². The number of alkyl halides is 3. The summed E-state index contributed by atoms with van der Waals surface area (Å²) in [6.07, 6.45) is -3.03. The Morgan fingerprint density at radius 2 is 1.83 bits per heavy atom. The number of halogens is 3. The topological polar surface area (TPSA) is 82.6 Å². The molecule has 1 aromatic carbocycles. The second-order valence-corrected chi connectivity index (χ2v) is 9.27. The van der Waals surface area contributed by atoms with Crippen molar-refractivity contribution in [1.29, 1.82) is 0 Å². The van der Waals surface area contributed by atoms with Crippen molar-refractivity contribution in [2.24, 2.45) is 0 Å². The van der Waals surface area contributed by atoms with E-state index in [1.165, 1.54) is 44.4 Å². The highest BCUT2D eigenvalue weighted by Crippen LogP contribution is 2.30. The quantitative estimate of drug-likeness (QED) is 0.769. The first kappa shape index (κ1) is 22.0. The summed E-state index contributed by atoms with van der Waals surface area (Å²) in [5.74, 6) is 0.0639. The predicted octanol–water partition coefficient (Wildman–Crippen LogP) is 2.36. The summed E-state index contributed by atoms with van der Waals surface area (Å²) in [7, 11) is -0.727. The third kappa shape index (κ3) is 4.73. The molecule has 162 valence electrons. The summed E-state index contributed by atoms with van der Waals surface area (Å²) in [5.41, 5.74) is -0.492. The van der Waals surface area contributed by atoms with E-state index >= 15 is 0 Å². The molecule has 1 N–H and O–H groups in total. The maximum absolute atomic E-state index is 12.7. The Morgan fingerprint density at radius 3 is 2.37 bits per heavy atom. The standard InChI is InChI=1S/C19H21F3N4O3S/c1-25(2)30(28,29)16-6-3-13(4-7-16)18(27)24-15-9-10-26(12-15)17-8-5-14(11-23-17)19(20,21)22/h3-8,11,15H,9-10,12H2,1-2H3,(H,24,27). The van der Waals surface area contributed by atoms with Crippen LogP contribution >= 0.6 is 0 Å². The van der Waals surface area contributed by atoms with Gasteiger partial charge < -0.3 is 10.2 Å². The van der Waals surface area contributed by atoms with Crippen molar-refractivity contribution in [3.63, 3.8) is 0 Å². The molecule has 30 heavy (non-hydrogen) atoms. The van der Waals surface area contributed by atoms with Gasteiger partial charge in [0.15, 0.2) is 0 Å². The Bertz CT molecular complexity index is 1010. The number of nitrogens with one attached hydrogen (secondary N) is 1. The van der Waals surface area contributed by atoms with Crippen molar-refractivity contribution < 1.29 is 26.4 Å². The molecular weight excluding hydrogens is 421 g/mol. The lowest BCUT2D eigenvalue weighted by Crippen LogP contribution is -2.37. The monoisotopic (exact) mass is 442 g/mol. The van der Waals surface area contributed by atoms with Gasteiger partial charge in [0.25, 0.3) is 5.91 Å². The molecule has 7 nitrogen and oxygen atoms in total. The van der Waals surface area contributed by atoms with E-state index in [2.05, 4.69) is 10.3 Å². The van der Waals surface area contributed by atoms with E-state index in [0.717, 1.165) is 16.6 Å². The summed E-state index contributed by atoms with van der Waals surface area (Å²) in [6, 6.07) is 7.72. The van der Waals surface area contributed by atoms with E-state index < -0.39 is 21.8 Å². The van der Waals surface area contributed by atoms with Gasteiger partial charge in [-0.15, -0.1) is 0 Å². The Hall–Kier alpha value is -2.66. The highest BCUT2D eigenvalue weighted by molar-refractivity contribution is 7.89. The summed E-state index contributed by atoms with van der Waals surface area (Å²) < 4.78 is 63.2. The molecule has 1 aromatic heterocycles. The minimum Gasteiger partial charge on any atom is -0.354 e. The maximum Gasteiger partial charge on any atom is 0.417 e. The number of carbonyl (C=O) groups is 1. The number of nitrogens with zero attached hydrogens (tertiary/aromatic N) is 3. The molecule has 1 aliphatic rings. The zero-order chi connectivity index (χ0) is 22.1. The predicted molar refractivity (Wildman–Crippen MR) is 105 cm³/mol. The molecule has 1 fully saturated rings. The number of hydrogen-bond acceptors (Lipinski definition) is 5. The van der Waals surface area contributed by atoms with E-state index in [1.54, 1.807) is 4.90 Å². The van der Waals surface area contributed by atoms with Crippen molar-refractivity contribution >= 4 is 21.7 Å². The van der Waals surface area contributed by atoms with Crippen molar-refractivity contribution in [2.45, 2.75) is 23.5 Å². The lowest BCUT2D eigenvalue weighted by Gasteiger charge is -2.18. The van der Waals surface area contributed by atoms with E-state index in [4.69, 9.17) is 0 Å². The van der Waals surface area contributed by atoms with E-state index in [-0.39, 0.29) is 16.8 Å². The van der Waals surface area contributed by atoms with Gasteiger partial charge >= 0.3 is 6.18 Å². The maximum atomic E-state index is 12.7. The zero-order valence-electron chi connectivity index (χ0n) is 16.3. The van der Waals surface area contributed by atoms with Crippen molar-refractivity contribution in [1.82, 2.24) is 14.6 Å². The highest BCUT2D eigenvalue weighted by atomic mass is 32.2. The van der Waals surface area contributed by atoms with Gasteiger partial charge in [-0.1, -0.05) is 0 Å². The second-order valence-electron chi connectivity index (χ2n) is 7.12. The summed E-state index contributed by atoms with van der Waals surface area (Å²) in [6.45, 7) is 0.959. The van der Waals surface area contributed by atoms with Crippen LogP contribution in [0.2, 0.25) is 0 Å². The minimum absolute atomic E-state index is 0.0875. The van der Waals surface area contributed by atoms with Crippen LogP contribution in [-0.4, -0.2) is 56.8 Å². The molecule has 1 unspecified atom stereocenters. The number of carbonyl (C=O) groups excluding carboxylic acids is 1. The van der Waals surface area contributed by atoms with Gasteiger partial charge in [-0.3, -0.25) is 4.79 Å². The third-order valence-corrected chi connectivity index (χ3v) is 6.65. The molecule has 3 rings (SSSR count). The van der Waals surface area contributed by atoms with Crippen LogP contribution in [-0.2, 0) is 16.2 Å². The normalized spacial score (nSPS) is 17.4. The fourth-order valence-electron chi connectivity index (χ4n) is 3.08. The average molecular weight is 442 g/mol. The first-order valence-electron chi connectivity index (χ1n) is 9.10. The lowest BCUT2D eigenvalue weighted by molar-refractivity contribution is -0.137. The number of rotatable bonds is 5. The van der Waals surface area contributed by atoms with Gasteiger partial charge in [-0.05, 0) is 42.8 Å². The van der Waals surface area contributed by atoms with Gasteiger partial charge in [-0.2, -0.15) is 13.2 Å². The molecule has 1 amide bonds. The van der Waals surface area contributed by atoms with Crippen molar-refractivity contribution in [3.05, 3.63) is 53.7 Å². The molecule has 1 atom stereocenters. The molecule has 0 aliphatic carbocycles. The molecule has 0 spiro atoms. The zero-order valence-corrected chi connectivity index (χ0v) is 17.2. The average Bonchev–Trinajstić information content (AvgIpc) is 3.16. The van der Waals surface area contributed by atoms with Crippen LogP contribution in [0.25, 0.3) is 0 Å². The fourth-order valence-corrected chi connectivity index (χ4v) is 3.99. The van der Waals surface area contributed by atoms with E-state index in [9.17, 15) is 26.4 Å². The molecular formula is C19H21F3N4O3S. The Morgan fingerprint density at radius 1 is 1.17 bits per heavy atom.